The predicted molar refractivity (Wildman–Crippen MR) is 66.1 cm³/mol. The normalized spacial score (nSPS) is 8.53. The molecule has 90 valence electrons. The van der Waals surface area contributed by atoms with E-state index < -0.39 is 0 Å². The summed E-state index contributed by atoms with van der Waals surface area (Å²) in [5, 5.41) is 4.29. The number of aromatic nitrogens is 2. The van der Waals surface area contributed by atoms with E-state index >= 15 is 0 Å². The molecule has 1 aromatic rings. The number of rotatable bonds is 2. The Kier molecular flexibility index (Phi) is 10.7. The first-order valence-electron chi connectivity index (χ1n) is 5.64. The van der Waals surface area contributed by atoms with Crippen LogP contribution in [0.3, 0.4) is 0 Å². The molecule has 1 rings (SSSR count). The minimum absolute atomic E-state index is 0.605. The Morgan fingerprint density at radius 3 is 1.87 bits per heavy atom. The molecule has 3 nitrogen and oxygen atoms in total. The number of hydrogen-bond donors (Lipinski definition) is 0. The zero-order valence-corrected chi connectivity index (χ0v) is 11.5. The summed E-state index contributed by atoms with van der Waals surface area (Å²) < 4.78 is 6.88. The quantitative estimate of drug-likeness (QED) is 0.755. The van der Waals surface area contributed by atoms with Crippen LogP contribution in [-0.2, 0) is 18.4 Å². The third kappa shape index (κ3) is 4.98. The van der Waals surface area contributed by atoms with E-state index in [-0.39, 0.29) is 0 Å². The van der Waals surface area contributed by atoms with Crippen LogP contribution in [0.25, 0.3) is 0 Å². The van der Waals surface area contributed by atoms with Crippen LogP contribution in [-0.4, -0.2) is 16.9 Å². The summed E-state index contributed by atoms with van der Waals surface area (Å²) in [6.07, 6.45) is 0. The van der Waals surface area contributed by atoms with Crippen molar-refractivity contribution in [3.8, 4) is 0 Å². The molecule has 1 aromatic heterocycles. The van der Waals surface area contributed by atoms with Gasteiger partial charge in [-0.05, 0) is 19.4 Å². The van der Waals surface area contributed by atoms with E-state index in [0.29, 0.717) is 6.61 Å². The zero-order chi connectivity index (χ0) is 12.4. The van der Waals surface area contributed by atoms with Crippen LogP contribution in [0.2, 0.25) is 0 Å². The Labute approximate surface area is 94.4 Å². The van der Waals surface area contributed by atoms with Crippen molar-refractivity contribution in [1.29, 1.82) is 0 Å². The molecule has 0 fully saturated rings. The van der Waals surface area contributed by atoms with Crippen molar-refractivity contribution in [2.75, 3.05) is 7.11 Å². The van der Waals surface area contributed by atoms with Gasteiger partial charge in [0.25, 0.3) is 0 Å². The third-order valence-electron chi connectivity index (χ3n) is 2.01. The molecule has 15 heavy (non-hydrogen) atoms. The minimum Gasteiger partial charge on any atom is -0.378 e. The lowest BCUT2D eigenvalue weighted by Crippen LogP contribution is -1.94. The lowest BCUT2D eigenvalue weighted by Gasteiger charge is -1.93. The molecule has 0 amide bonds. The van der Waals surface area contributed by atoms with Gasteiger partial charge < -0.3 is 4.74 Å². The van der Waals surface area contributed by atoms with Gasteiger partial charge in [0.2, 0.25) is 0 Å². The SMILES string of the molecule is CC.CC.COCc1nn(C)c(C)c1C. The Hall–Kier alpha value is -0.830. The van der Waals surface area contributed by atoms with Gasteiger partial charge in [-0.1, -0.05) is 27.7 Å². The average molecular weight is 214 g/mol. The fourth-order valence-corrected chi connectivity index (χ4v) is 1.06. The summed E-state index contributed by atoms with van der Waals surface area (Å²) in [4.78, 5) is 0. The topological polar surface area (TPSA) is 27.1 Å². The van der Waals surface area contributed by atoms with Crippen molar-refractivity contribution in [1.82, 2.24) is 9.78 Å². The van der Waals surface area contributed by atoms with Crippen LogP contribution >= 0.6 is 0 Å². The van der Waals surface area contributed by atoms with Crippen LogP contribution < -0.4 is 0 Å². The molecule has 0 N–H and O–H groups in total. The monoisotopic (exact) mass is 214 g/mol. The Balaban J connectivity index is 0. The average Bonchev–Trinajstić information content (AvgIpc) is 2.53. The highest BCUT2D eigenvalue weighted by molar-refractivity contribution is 5.22. The third-order valence-corrected chi connectivity index (χ3v) is 2.01. The summed E-state index contributed by atoms with van der Waals surface area (Å²) in [7, 11) is 3.63. The van der Waals surface area contributed by atoms with E-state index in [1.54, 1.807) is 7.11 Å². The second-order valence-electron chi connectivity index (χ2n) is 2.71. The first kappa shape index (κ1) is 16.6. The van der Waals surface area contributed by atoms with Gasteiger partial charge in [0.05, 0.1) is 12.3 Å². The van der Waals surface area contributed by atoms with E-state index in [1.807, 2.05) is 39.4 Å². The second kappa shape index (κ2) is 9.71. The molecule has 0 aliphatic heterocycles. The molecular weight excluding hydrogens is 188 g/mol. The predicted octanol–water partition coefficient (Wildman–Crippen LogP) is 3.24. The molecule has 1 heterocycles. The van der Waals surface area contributed by atoms with Crippen molar-refractivity contribution in [3.05, 3.63) is 17.0 Å². The van der Waals surface area contributed by atoms with Gasteiger partial charge in [-0.25, -0.2) is 0 Å². The van der Waals surface area contributed by atoms with Gasteiger partial charge in [0, 0.05) is 19.9 Å². The van der Waals surface area contributed by atoms with E-state index in [0.717, 1.165) is 5.69 Å². The second-order valence-corrected chi connectivity index (χ2v) is 2.71. The molecule has 0 radical (unpaired) electrons. The van der Waals surface area contributed by atoms with E-state index in [9.17, 15) is 0 Å². The van der Waals surface area contributed by atoms with Crippen LogP contribution in [0.15, 0.2) is 0 Å². The van der Waals surface area contributed by atoms with Crippen LogP contribution in [0.1, 0.15) is 44.6 Å². The smallest absolute Gasteiger partial charge is 0.0913 e. The fraction of sp³-hybridized carbons (Fsp3) is 0.750. The van der Waals surface area contributed by atoms with E-state index in [4.69, 9.17) is 4.74 Å². The van der Waals surface area contributed by atoms with Gasteiger partial charge in [-0.3, -0.25) is 4.68 Å². The van der Waals surface area contributed by atoms with Gasteiger partial charge in [0.1, 0.15) is 0 Å². The minimum atomic E-state index is 0.605. The number of aryl methyl sites for hydroxylation is 1. The zero-order valence-electron chi connectivity index (χ0n) is 11.5. The van der Waals surface area contributed by atoms with Gasteiger partial charge in [-0.2, -0.15) is 5.10 Å². The Bertz CT molecular complexity index is 254. The summed E-state index contributed by atoms with van der Waals surface area (Å²) >= 11 is 0. The molecule has 0 aliphatic carbocycles. The van der Waals surface area contributed by atoms with E-state index in [2.05, 4.69) is 18.9 Å². The van der Waals surface area contributed by atoms with E-state index in [1.165, 1.54) is 11.3 Å². The molecule has 0 saturated heterocycles. The van der Waals surface area contributed by atoms with Gasteiger partial charge in [-0.15, -0.1) is 0 Å². The standard InChI is InChI=1S/C8H14N2O.2C2H6/c1-6-7(2)10(3)9-8(6)5-11-4;2*1-2/h5H2,1-4H3;2*1-2H3. The number of nitrogens with zero attached hydrogens (tertiary/aromatic N) is 2. The van der Waals surface area contributed by atoms with Crippen molar-refractivity contribution in [3.63, 3.8) is 0 Å². The fourth-order valence-electron chi connectivity index (χ4n) is 1.06. The lowest BCUT2D eigenvalue weighted by atomic mass is 10.2. The molecule has 0 bridgehead atoms. The van der Waals surface area contributed by atoms with Crippen molar-refractivity contribution in [2.24, 2.45) is 7.05 Å². The molecule has 0 spiro atoms. The van der Waals surface area contributed by atoms with Crippen LogP contribution in [0.4, 0.5) is 0 Å². The van der Waals surface area contributed by atoms with Gasteiger partial charge in [0.15, 0.2) is 0 Å². The van der Waals surface area contributed by atoms with Crippen LogP contribution in [0, 0.1) is 13.8 Å². The lowest BCUT2D eigenvalue weighted by molar-refractivity contribution is 0.180. The summed E-state index contributed by atoms with van der Waals surface area (Å²) in [5.74, 6) is 0. The maximum Gasteiger partial charge on any atom is 0.0913 e. The number of methoxy groups -OCH3 is 1. The molecular formula is C12H26N2O. The highest BCUT2D eigenvalue weighted by atomic mass is 16.5. The summed E-state index contributed by atoms with van der Waals surface area (Å²) in [6, 6.07) is 0. The highest BCUT2D eigenvalue weighted by Crippen LogP contribution is 2.10. The highest BCUT2D eigenvalue weighted by Gasteiger charge is 2.06. The number of ether oxygens (including phenoxy) is 1. The Morgan fingerprint density at radius 2 is 1.60 bits per heavy atom. The van der Waals surface area contributed by atoms with Crippen LogP contribution in [0.5, 0.6) is 0 Å². The van der Waals surface area contributed by atoms with Crippen molar-refractivity contribution >= 4 is 0 Å². The largest absolute Gasteiger partial charge is 0.378 e. The number of hydrogen-bond acceptors (Lipinski definition) is 2. The molecule has 0 saturated carbocycles. The molecule has 0 aliphatic rings. The maximum atomic E-state index is 5.00. The Morgan fingerprint density at radius 1 is 1.13 bits per heavy atom. The molecule has 0 unspecified atom stereocenters. The first-order chi connectivity index (χ1) is 7.16. The molecule has 0 aromatic carbocycles. The van der Waals surface area contributed by atoms with Crippen molar-refractivity contribution < 1.29 is 4.74 Å². The van der Waals surface area contributed by atoms with Crippen molar-refractivity contribution in [2.45, 2.75) is 48.1 Å². The maximum absolute atomic E-state index is 5.00. The molecule has 0 atom stereocenters. The summed E-state index contributed by atoms with van der Waals surface area (Å²) in [6.45, 7) is 12.7. The summed E-state index contributed by atoms with van der Waals surface area (Å²) in [5.41, 5.74) is 3.47. The van der Waals surface area contributed by atoms with Gasteiger partial charge >= 0.3 is 0 Å². The first-order valence-corrected chi connectivity index (χ1v) is 5.64. The molecule has 3 heteroatoms.